The number of piperazine rings is 1. The summed E-state index contributed by atoms with van der Waals surface area (Å²) in [6.45, 7) is 7.14. The van der Waals surface area contributed by atoms with Gasteiger partial charge in [0.15, 0.2) is 0 Å². The number of nitrogens with one attached hydrogen (secondary N) is 1. The van der Waals surface area contributed by atoms with E-state index in [4.69, 9.17) is 10.7 Å². The Labute approximate surface area is 187 Å². The lowest BCUT2D eigenvalue weighted by Crippen LogP contribution is -2.49. The first-order chi connectivity index (χ1) is 15.5. The molecule has 3 aromatic rings. The molecule has 9 heteroatoms. The Bertz CT molecular complexity index is 1150. The van der Waals surface area contributed by atoms with Crippen LogP contribution < -0.4 is 16.0 Å². The van der Waals surface area contributed by atoms with Crippen LogP contribution in [0.15, 0.2) is 30.6 Å². The van der Waals surface area contributed by atoms with Gasteiger partial charge in [-0.05, 0) is 44.9 Å². The lowest BCUT2D eigenvalue weighted by Gasteiger charge is -2.37. The fraction of sp³-hybridized carbons (Fsp3) is 0.435. The van der Waals surface area contributed by atoms with Crippen LogP contribution in [0.1, 0.15) is 36.9 Å². The maximum Gasteiger partial charge on any atom is 0.227 e. The first-order valence-corrected chi connectivity index (χ1v) is 11.1. The second-order valence-corrected chi connectivity index (χ2v) is 8.72. The van der Waals surface area contributed by atoms with Gasteiger partial charge in [0.25, 0.3) is 0 Å². The first-order valence-electron chi connectivity index (χ1n) is 11.1. The summed E-state index contributed by atoms with van der Waals surface area (Å²) in [4.78, 5) is 34.0. The van der Waals surface area contributed by atoms with Crippen LogP contribution in [0, 0.1) is 12.8 Å². The zero-order valence-corrected chi connectivity index (χ0v) is 18.5. The SMILES string of the molecule is Cc1ccc2nc(N3CCN(C(=O)C4CC4)CC3)c(C(C)Nc3ncnc(N)n3)cc2c1. The molecule has 1 aliphatic heterocycles. The predicted octanol–water partition coefficient (Wildman–Crippen LogP) is 2.54. The molecule has 166 valence electrons. The van der Waals surface area contributed by atoms with Gasteiger partial charge in [-0.2, -0.15) is 4.98 Å². The zero-order chi connectivity index (χ0) is 22.2. The largest absolute Gasteiger partial charge is 0.368 e. The number of rotatable bonds is 5. The number of pyridine rings is 1. The highest BCUT2D eigenvalue weighted by atomic mass is 16.2. The number of nitrogen functional groups attached to an aromatic ring is 1. The van der Waals surface area contributed by atoms with E-state index in [2.05, 4.69) is 63.3 Å². The fourth-order valence-corrected chi connectivity index (χ4v) is 4.25. The molecular weight excluding hydrogens is 404 g/mol. The molecule has 9 nitrogen and oxygen atoms in total. The van der Waals surface area contributed by atoms with Crippen LogP contribution in [0.3, 0.4) is 0 Å². The number of benzene rings is 1. The summed E-state index contributed by atoms with van der Waals surface area (Å²) in [6, 6.07) is 8.38. The van der Waals surface area contributed by atoms with E-state index in [-0.39, 0.29) is 17.9 Å². The van der Waals surface area contributed by atoms with Crippen molar-refractivity contribution in [2.24, 2.45) is 5.92 Å². The summed E-state index contributed by atoms with van der Waals surface area (Å²) in [5, 5.41) is 4.43. The van der Waals surface area contributed by atoms with Crippen molar-refractivity contribution >= 4 is 34.5 Å². The number of aryl methyl sites for hydroxylation is 1. The highest BCUT2D eigenvalue weighted by Gasteiger charge is 2.35. The second kappa shape index (κ2) is 8.22. The fourth-order valence-electron chi connectivity index (χ4n) is 4.25. The highest BCUT2D eigenvalue weighted by molar-refractivity contribution is 5.83. The summed E-state index contributed by atoms with van der Waals surface area (Å²) >= 11 is 0. The number of aromatic nitrogens is 4. The van der Waals surface area contributed by atoms with Crippen molar-refractivity contribution in [3.8, 4) is 0 Å². The maximum absolute atomic E-state index is 12.5. The average Bonchev–Trinajstić information content (AvgIpc) is 3.63. The van der Waals surface area contributed by atoms with Crippen molar-refractivity contribution in [1.29, 1.82) is 0 Å². The van der Waals surface area contributed by atoms with Crippen molar-refractivity contribution in [3.63, 3.8) is 0 Å². The first kappa shape index (κ1) is 20.4. The van der Waals surface area contributed by atoms with Gasteiger partial charge in [-0.1, -0.05) is 11.6 Å². The van der Waals surface area contributed by atoms with Gasteiger partial charge in [0, 0.05) is 43.0 Å². The van der Waals surface area contributed by atoms with Crippen molar-refractivity contribution in [1.82, 2.24) is 24.8 Å². The predicted molar refractivity (Wildman–Crippen MR) is 124 cm³/mol. The number of nitrogens with zero attached hydrogens (tertiary/aromatic N) is 6. The van der Waals surface area contributed by atoms with Gasteiger partial charge < -0.3 is 20.9 Å². The topological polar surface area (TPSA) is 113 Å². The highest BCUT2D eigenvalue weighted by Crippen LogP contribution is 2.33. The van der Waals surface area contributed by atoms with E-state index < -0.39 is 0 Å². The van der Waals surface area contributed by atoms with Gasteiger partial charge in [-0.25, -0.2) is 15.0 Å². The Morgan fingerprint density at radius 3 is 2.62 bits per heavy atom. The Morgan fingerprint density at radius 1 is 1.12 bits per heavy atom. The molecule has 32 heavy (non-hydrogen) atoms. The van der Waals surface area contributed by atoms with Crippen LogP contribution >= 0.6 is 0 Å². The molecule has 1 aromatic carbocycles. The Kier molecular flexibility index (Phi) is 5.24. The minimum absolute atomic E-state index is 0.102. The van der Waals surface area contributed by atoms with Crippen LogP contribution in [-0.4, -0.2) is 56.9 Å². The third kappa shape index (κ3) is 4.15. The van der Waals surface area contributed by atoms with E-state index >= 15 is 0 Å². The molecular formula is C23H28N8O. The van der Waals surface area contributed by atoms with E-state index in [1.807, 2.05) is 4.90 Å². The smallest absolute Gasteiger partial charge is 0.227 e. The lowest BCUT2D eigenvalue weighted by molar-refractivity contribution is -0.132. The standard InChI is InChI=1S/C23H28N8O/c1-14-3-6-19-17(11-14)12-18(15(2)27-23-26-13-25-22(24)29-23)20(28-19)30-7-9-31(10-8-30)21(32)16-4-5-16/h3,6,11-13,15-16H,4-5,7-10H2,1-2H3,(H3,24,25,26,27,29). The van der Waals surface area contributed by atoms with Gasteiger partial charge >= 0.3 is 0 Å². The van der Waals surface area contributed by atoms with Crippen LogP contribution in [0.25, 0.3) is 10.9 Å². The molecule has 1 unspecified atom stereocenters. The lowest BCUT2D eigenvalue weighted by atomic mass is 10.0. The van der Waals surface area contributed by atoms with E-state index in [1.54, 1.807) is 0 Å². The summed E-state index contributed by atoms with van der Waals surface area (Å²) in [7, 11) is 0. The number of hydrogen-bond acceptors (Lipinski definition) is 8. The maximum atomic E-state index is 12.5. The van der Waals surface area contributed by atoms with Crippen LogP contribution in [0.2, 0.25) is 0 Å². The summed E-state index contributed by atoms with van der Waals surface area (Å²) < 4.78 is 0. The van der Waals surface area contributed by atoms with E-state index in [1.165, 1.54) is 11.9 Å². The van der Waals surface area contributed by atoms with Gasteiger partial charge in [0.2, 0.25) is 17.8 Å². The number of amides is 1. The molecule has 1 saturated carbocycles. The van der Waals surface area contributed by atoms with Gasteiger partial charge in [0.05, 0.1) is 11.6 Å². The molecule has 3 heterocycles. The number of carbonyl (C=O) groups is 1. The molecule has 1 amide bonds. The number of nitrogens with two attached hydrogens (primary N) is 1. The summed E-state index contributed by atoms with van der Waals surface area (Å²) in [5.74, 6) is 2.12. The summed E-state index contributed by atoms with van der Waals surface area (Å²) in [5.41, 5.74) is 8.93. The minimum atomic E-state index is -0.102. The van der Waals surface area contributed by atoms with Crippen molar-refractivity contribution in [2.45, 2.75) is 32.7 Å². The number of fused-ring (bicyclic) bond motifs is 1. The van der Waals surface area contributed by atoms with Crippen molar-refractivity contribution in [3.05, 3.63) is 41.7 Å². The number of carbonyl (C=O) groups excluding carboxylic acids is 1. The average molecular weight is 433 g/mol. The molecule has 0 spiro atoms. The molecule has 2 aliphatic rings. The molecule has 2 aromatic heterocycles. The number of hydrogen-bond donors (Lipinski definition) is 2. The van der Waals surface area contributed by atoms with Crippen LogP contribution in [0.4, 0.5) is 17.7 Å². The third-order valence-corrected chi connectivity index (χ3v) is 6.20. The Balaban J connectivity index is 1.45. The van der Waals surface area contributed by atoms with Gasteiger partial charge in [-0.3, -0.25) is 4.79 Å². The van der Waals surface area contributed by atoms with E-state index in [0.29, 0.717) is 11.9 Å². The number of anilines is 3. The van der Waals surface area contributed by atoms with E-state index in [9.17, 15) is 4.79 Å². The van der Waals surface area contributed by atoms with Crippen molar-refractivity contribution < 1.29 is 4.79 Å². The molecule has 0 radical (unpaired) electrons. The Hall–Kier alpha value is -3.49. The quantitative estimate of drug-likeness (QED) is 0.632. The molecule has 1 atom stereocenters. The molecule has 5 rings (SSSR count). The zero-order valence-electron chi connectivity index (χ0n) is 18.5. The third-order valence-electron chi connectivity index (χ3n) is 6.20. The molecule has 1 aliphatic carbocycles. The molecule has 2 fully saturated rings. The van der Waals surface area contributed by atoms with Crippen LogP contribution in [-0.2, 0) is 4.79 Å². The van der Waals surface area contributed by atoms with Gasteiger partial charge in [-0.15, -0.1) is 0 Å². The van der Waals surface area contributed by atoms with Gasteiger partial charge in [0.1, 0.15) is 12.1 Å². The molecule has 0 bridgehead atoms. The normalized spacial score (nSPS) is 17.4. The molecule has 1 saturated heterocycles. The van der Waals surface area contributed by atoms with Crippen molar-refractivity contribution in [2.75, 3.05) is 42.1 Å². The summed E-state index contributed by atoms with van der Waals surface area (Å²) in [6.07, 6.45) is 3.48. The van der Waals surface area contributed by atoms with Crippen LogP contribution in [0.5, 0.6) is 0 Å². The monoisotopic (exact) mass is 432 g/mol. The second-order valence-electron chi connectivity index (χ2n) is 8.72. The Morgan fingerprint density at radius 2 is 1.91 bits per heavy atom. The van der Waals surface area contributed by atoms with E-state index in [0.717, 1.165) is 61.3 Å². The molecule has 3 N–H and O–H groups in total. The minimum Gasteiger partial charge on any atom is -0.368 e.